The molecule has 0 bridgehead atoms. The van der Waals surface area contributed by atoms with Gasteiger partial charge in [0.1, 0.15) is 0 Å². The summed E-state index contributed by atoms with van der Waals surface area (Å²) in [4.78, 5) is 6.13. The maximum atomic E-state index is 3.57. The van der Waals surface area contributed by atoms with Crippen LogP contribution in [0.3, 0.4) is 0 Å². The normalized spacial score (nSPS) is 17.7. The van der Waals surface area contributed by atoms with Crippen LogP contribution in [0.25, 0.3) is 10.9 Å². The third-order valence-electron chi connectivity index (χ3n) is 3.76. The number of hydrogen-bond donors (Lipinski definition) is 1. The number of likely N-dealkylation sites (tertiary alicyclic amines) is 1. The monoisotopic (exact) mass is 228 g/mol. The summed E-state index contributed by atoms with van der Waals surface area (Å²) in [6.07, 6.45) is 4.13. The summed E-state index contributed by atoms with van der Waals surface area (Å²) in [6, 6.07) is 8.80. The van der Waals surface area contributed by atoms with Crippen molar-refractivity contribution in [2.75, 3.05) is 13.1 Å². The van der Waals surface area contributed by atoms with Crippen LogP contribution in [0.4, 0.5) is 0 Å². The molecule has 2 heterocycles. The molecule has 0 spiro atoms. The Morgan fingerprint density at radius 2 is 2.00 bits per heavy atom. The quantitative estimate of drug-likeness (QED) is 0.834. The number of rotatable bonds is 2. The molecule has 2 heteroatoms. The van der Waals surface area contributed by atoms with Crippen LogP contribution in [-0.2, 0) is 6.54 Å². The Balaban J connectivity index is 1.83. The highest BCUT2D eigenvalue weighted by Gasteiger charge is 2.11. The first-order valence-corrected chi connectivity index (χ1v) is 6.62. The fourth-order valence-electron chi connectivity index (χ4n) is 2.81. The van der Waals surface area contributed by atoms with Crippen LogP contribution in [0.15, 0.2) is 24.3 Å². The maximum absolute atomic E-state index is 3.57. The van der Waals surface area contributed by atoms with E-state index < -0.39 is 0 Å². The minimum atomic E-state index is 1.08. The van der Waals surface area contributed by atoms with Crippen molar-refractivity contribution in [3.8, 4) is 0 Å². The van der Waals surface area contributed by atoms with Gasteiger partial charge in [-0.05, 0) is 49.9 Å². The van der Waals surface area contributed by atoms with Gasteiger partial charge in [0, 0.05) is 17.8 Å². The van der Waals surface area contributed by atoms with Gasteiger partial charge in [-0.2, -0.15) is 0 Å². The second kappa shape index (κ2) is 4.53. The molecule has 0 amide bonds. The summed E-state index contributed by atoms with van der Waals surface area (Å²) in [5.74, 6) is 0. The first kappa shape index (κ1) is 10.8. The van der Waals surface area contributed by atoms with E-state index in [1.165, 1.54) is 54.5 Å². The fraction of sp³-hybridized carbons (Fsp3) is 0.467. The number of aromatic nitrogens is 1. The lowest BCUT2D eigenvalue weighted by molar-refractivity contribution is 0.219. The molecule has 2 aromatic rings. The average Bonchev–Trinajstić information content (AvgIpc) is 2.74. The van der Waals surface area contributed by atoms with Crippen molar-refractivity contribution in [3.63, 3.8) is 0 Å². The first-order valence-electron chi connectivity index (χ1n) is 6.62. The Kier molecular flexibility index (Phi) is 2.89. The molecule has 1 aromatic heterocycles. The average molecular weight is 228 g/mol. The molecule has 1 aliphatic heterocycles. The largest absolute Gasteiger partial charge is 0.357 e. The second-order valence-corrected chi connectivity index (χ2v) is 5.17. The molecule has 0 saturated carbocycles. The summed E-state index contributed by atoms with van der Waals surface area (Å²) < 4.78 is 0. The van der Waals surface area contributed by atoms with Gasteiger partial charge < -0.3 is 4.98 Å². The van der Waals surface area contributed by atoms with Crippen molar-refractivity contribution in [2.24, 2.45) is 0 Å². The van der Waals surface area contributed by atoms with E-state index in [-0.39, 0.29) is 0 Å². The van der Waals surface area contributed by atoms with E-state index in [9.17, 15) is 0 Å². The van der Waals surface area contributed by atoms with Crippen molar-refractivity contribution >= 4 is 10.9 Å². The molecular weight excluding hydrogens is 208 g/mol. The fourth-order valence-corrected chi connectivity index (χ4v) is 2.81. The number of para-hydroxylation sites is 1. The molecule has 0 aliphatic carbocycles. The van der Waals surface area contributed by atoms with Gasteiger partial charge in [-0.25, -0.2) is 0 Å². The third-order valence-corrected chi connectivity index (χ3v) is 3.76. The smallest absolute Gasteiger partial charge is 0.0486 e. The Morgan fingerprint density at radius 3 is 2.76 bits per heavy atom. The lowest BCUT2D eigenvalue weighted by atomic mass is 10.1. The molecule has 3 rings (SSSR count). The number of benzene rings is 1. The SMILES string of the molecule is Cc1cccc2cc(CN3CCCCC3)[nH]c12. The highest BCUT2D eigenvalue weighted by molar-refractivity contribution is 5.83. The lowest BCUT2D eigenvalue weighted by Crippen LogP contribution is -2.29. The number of fused-ring (bicyclic) bond motifs is 1. The third kappa shape index (κ3) is 2.22. The van der Waals surface area contributed by atoms with Gasteiger partial charge in [0.2, 0.25) is 0 Å². The molecule has 90 valence electrons. The van der Waals surface area contributed by atoms with Gasteiger partial charge in [0.25, 0.3) is 0 Å². The molecule has 1 aliphatic rings. The minimum Gasteiger partial charge on any atom is -0.357 e. The van der Waals surface area contributed by atoms with Gasteiger partial charge in [0.05, 0.1) is 0 Å². The summed E-state index contributed by atoms with van der Waals surface area (Å²) in [5, 5.41) is 1.34. The first-order chi connectivity index (χ1) is 8.33. The minimum absolute atomic E-state index is 1.08. The van der Waals surface area contributed by atoms with Crippen molar-refractivity contribution < 1.29 is 0 Å². The lowest BCUT2D eigenvalue weighted by Gasteiger charge is -2.25. The van der Waals surface area contributed by atoms with Gasteiger partial charge in [0.15, 0.2) is 0 Å². The number of piperidine rings is 1. The zero-order valence-electron chi connectivity index (χ0n) is 10.5. The van der Waals surface area contributed by atoms with E-state index in [1.807, 2.05) is 0 Å². The molecule has 0 unspecified atom stereocenters. The maximum Gasteiger partial charge on any atom is 0.0486 e. The van der Waals surface area contributed by atoms with Gasteiger partial charge in [-0.1, -0.05) is 24.6 Å². The van der Waals surface area contributed by atoms with Crippen molar-refractivity contribution in [1.29, 1.82) is 0 Å². The summed E-state index contributed by atoms with van der Waals surface area (Å²) >= 11 is 0. The molecule has 1 saturated heterocycles. The van der Waals surface area contributed by atoms with Crippen molar-refractivity contribution in [3.05, 3.63) is 35.5 Å². The predicted molar refractivity (Wildman–Crippen MR) is 72.2 cm³/mol. The van der Waals surface area contributed by atoms with E-state index in [0.717, 1.165) is 6.54 Å². The molecule has 1 N–H and O–H groups in total. The van der Waals surface area contributed by atoms with E-state index in [0.29, 0.717) is 0 Å². The van der Waals surface area contributed by atoms with Crippen LogP contribution in [0.2, 0.25) is 0 Å². The molecule has 1 aromatic carbocycles. The Hall–Kier alpha value is -1.28. The number of aromatic amines is 1. The number of nitrogens with one attached hydrogen (secondary N) is 1. The van der Waals surface area contributed by atoms with Gasteiger partial charge in [-0.3, -0.25) is 4.90 Å². The highest BCUT2D eigenvalue weighted by atomic mass is 15.1. The number of aryl methyl sites for hydroxylation is 1. The molecule has 17 heavy (non-hydrogen) atoms. The van der Waals surface area contributed by atoms with Gasteiger partial charge in [-0.15, -0.1) is 0 Å². The molecular formula is C15H20N2. The standard InChI is InChI=1S/C15H20N2/c1-12-6-5-7-13-10-14(16-15(12)13)11-17-8-3-2-4-9-17/h5-7,10,16H,2-4,8-9,11H2,1H3. The molecule has 1 fully saturated rings. The zero-order chi connectivity index (χ0) is 11.7. The highest BCUT2D eigenvalue weighted by Crippen LogP contribution is 2.20. The number of nitrogens with zero attached hydrogens (tertiary/aromatic N) is 1. The van der Waals surface area contributed by atoms with E-state index in [2.05, 4.69) is 41.1 Å². The second-order valence-electron chi connectivity index (χ2n) is 5.17. The Labute approximate surface area is 103 Å². The van der Waals surface area contributed by atoms with Crippen molar-refractivity contribution in [2.45, 2.75) is 32.7 Å². The van der Waals surface area contributed by atoms with Crippen molar-refractivity contribution in [1.82, 2.24) is 9.88 Å². The van der Waals surface area contributed by atoms with Crippen LogP contribution >= 0.6 is 0 Å². The summed E-state index contributed by atoms with van der Waals surface area (Å²) in [5.41, 5.74) is 4.00. The molecule has 0 atom stereocenters. The molecule has 0 radical (unpaired) electrons. The van der Waals surface area contributed by atoms with Gasteiger partial charge >= 0.3 is 0 Å². The summed E-state index contributed by atoms with van der Waals surface area (Å²) in [7, 11) is 0. The van der Waals surface area contributed by atoms with Crippen LogP contribution in [-0.4, -0.2) is 23.0 Å². The van der Waals surface area contributed by atoms with Crippen LogP contribution in [0.5, 0.6) is 0 Å². The van der Waals surface area contributed by atoms with Crippen LogP contribution in [0.1, 0.15) is 30.5 Å². The number of hydrogen-bond acceptors (Lipinski definition) is 1. The van der Waals surface area contributed by atoms with E-state index >= 15 is 0 Å². The number of H-pyrrole nitrogens is 1. The summed E-state index contributed by atoms with van der Waals surface area (Å²) in [6.45, 7) is 5.76. The zero-order valence-corrected chi connectivity index (χ0v) is 10.5. The Bertz CT molecular complexity index is 507. The van der Waals surface area contributed by atoms with E-state index in [1.54, 1.807) is 0 Å². The van der Waals surface area contributed by atoms with Crippen LogP contribution < -0.4 is 0 Å². The van der Waals surface area contributed by atoms with E-state index in [4.69, 9.17) is 0 Å². The predicted octanol–water partition coefficient (Wildman–Crippen LogP) is 3.46. The Morgan fingerprint density at radius 1 is 1.18 bits per heavy atom. The molecule has 2 nitrogen and oxygen atoms in total. The topological polar surface area (TPSA) is 19.0 Å². The van der Waals surface area contributed by atoms with Crippen LogP contribution in [0, 0.1) is 6.92 Å².